The normalized spacial score (nSPS) is 24.0. The molecule has 0 radical (unpaired) electrons. The van der Waals surface area contributed by atoms with Crippen LogP contribution in [0.4, 0.5) is 0 Å². The number of hydrogen-bond donors (Lipinski definition) is 1. The number of nitrogens with zero attached hydrogens (tertiary/aromatic N) is 2. The van der Waals surface area contributed by atoms with Gasteiger partial charge >= 0.3 is 0 Å². The summed E-state index contributed by atoms with van der Waals surface area (Å²) in [5.41, 5.74) is 0. The van der Waals surface area contributed by atoms with Crippen LogP contribution in [-0.2, 0) is 9.59 Å². The Balaban J connectivity index is 1.26. The molecule has 0 aromatic heterocycles. The highest BCUT2D eigenvalue weighted by atomic mass is 16.6. The van der Waals surface area contributed by atoms with Crippen LogP contribution in [-0.4, -0.2) is 72.6 Å². The smallest absolute Gasteiger partial charge is 0.267 e. The van der Waals surface area contributed by atoms with Crippen LogP contribution in [0.1, 0.15) is 32.6 Å². The molecule has 2 amide bonds. The zero-order valence-electron chi connectivity index (χ0n) is 16.4. The first-order chi connectivity index (χ1) is 13.6. The van der Waals surface area contributed by atoms with E-state index in [0.29, 0.717) is 43.7 Å². The molecule has 0 spiro atoms. The Hall–Kier alpha value is -2.28. The molecule has 1 saturated carbocycles. The van der Waals surface area contributed by atoms with Crippen molar-refractivity contribution in [1.29, 1.82) is 0 Å². The lowest BCUT2D eigenvalue weighted by Crippen LogP contribution is -2.58. The average Bonchev–Trinajstić information content (AvgIpc) is 3.25. The maximum atomic E-state index is 12.8. The van der Waals surface area contributed by atoms with Crippen molar-refractivity contribution < 1.29 is 19.1 Å². The van der Waals surface area contributed by atoms with Gasteiger partial charge in [0.15, 0.2) is 11.5 Å². The Kier molecular flexibility index (Phi) is 5.71. The number of benzene rings is 1. The average molecular weight is 387 g/mol. The van der Waals surface area contributed by atoms with Crippen molar-refractivity contribution in [1.82, 2.24) is 15.1 Å². The number of rotatable bonds is 4. The van der Waals surface area contributed by atoms with Gasteiger partial charge in [0.05, 0.1) is 6.04 Å². The molecule has 1 N–H and O–H groups in total. The van der Waals surface area contributed by atoms with Gasteiger partial charge in [-0.3, -0.25) is 14.5 Å². The van der Waals surface area contributed by atoms with Gasteiger partial charge in [0.2, 0.25) is 12.0 Å². The highest BCUT2D eigenvalue weighted by molar-refractivity contribution is 5.83. The van der Waals surface area contributed by atoms with E-state index in [2.05, 4.69) is 10.2 Å². The van der Waals surface area contributed by atoms with Crippen LogP contribution in [0.5, 0.6) is 11.5 Å². The minimum atomic E-state index is -0.607. The molecule has 2 fully saturated rings. The third-order valence-electron chi connectivity index (χ3n) is 6.04. The lowest BCUT2D eigenvalue weighted by molar-refractivity contribution is -0.143. The maximum absolute atomic E-state index is 12.8. The number of piperazine rings is 1. The second kappa shape index (κ2) is 8.39. The lowest BCUT2D eigenvalue weighted by Gasteiger charge is -2.39. The summed E-state index contributed by atoms with van der Waals surface area (Å²) >= 11 is 0. The summed E-state index contributed by atoms with van der Waals surface area (Å²) in [6.45, 7) is 4.76. The molecule has 0 unspecified atom stereocenters. The van der Waals surface area contributed by atoms with Crippen molar-refractivity contribution in [3.05, 3.63) is 24.3 Å². The van der Waals surface area contributed by atoms with E-state index in [1.165, 1.54) is 12.8 Å². The van der Waals surface area contributed by atoms with Crippen molar-refractivity contribution in [2.45, 2.75) is 50.8 Å². The first kappa shape index (κ1) is 19.1. The first-order valence-corrected chi connectivity index (χ1v) is 10.3. The third kappa shape index (κ3) is 4.09. The van der Waals surface area contributed by atoms with Gasteiger partial charge in [-0.2, -0.15) is 0 Å². The summed E-state index contributed by atoms with van der Waals surface area (Å²) in [4.78, 5) is 29.3. The minimum absolute atomic E-state index is 0.0442. The topological polar surface area (TPSA) is 71.1 Å². The molecule has 1 aromatic rings. The Morgan fingerprint density at radius 1 is 1.07 bits per heavy atom. The summed E-state index contributed by atoms with van der Waals surface area (Å²) in [6.07, 6.45) is 3.99. The molecule has 1 aliphatic carbocycles. The summed E-state index contributed by atoms with van der Waals surface area (Å²) in [6, 6.07) is 7.58. The van der Waals surface area contributed by atoms with Crippen molar-refractivity contribution in [2.24, 2.45) is 0 Å². The minimum Gasteiger partial charge on any atom is -0.485 e. The Morgan fingerprint density at radius 3 is 2.46 bits per heavy atom. The van der Waals surface area contributed by atoms with E-state index >= 15 is 0 Å². The fraction of sp³-hybridized carbons (Fsp3) is 0.619. The molecule has 152 valence electrons. The van der Waals surface area contributed by atoms with E-state index in [4.69, 9.17) is 9.47 Å². The standard InChI is InChI=1S/C21H29N3O4/c1-15(20(25)22-16-6-2-3-7-16)23-10-12-24(13-11-23)21(26)19-14-27-17-8-4-5-9-18(17)28-19/h4-5,8-9,15-16,19H,2-3,6-7,10-14H2,1H3,(H,22,25)/t15-,19-/m1/s1. The molecule has 2 atom stereocenters. The quantitative estimate of drug-likeness (QED) is 0.846. The zero-order chi connectivity index (χ0) is 19.5. The molecule has 2 heterocycles. The highest BCUT2D eigenvalue weighted by Crippen LogP contribution is 2.31. The number of fused-ring (bicyclic) bond motifs is 1. The maximum Gasteiger partial charge on any atom is 0.267 e. The summed E-state index contributed by atoms with van der Waals surface area (Å²) in [5, 5.41) is 3.17. The van der Waals surface area contributed by atoms with Crippen molar-refractivity contribution >= 4 is 11.8 Å². The third-order valence-corrected chi connectivity index (χ3v) is 6.04. The van der Waals surface area contributed by atoms with Gasteiger partial charge in [-0.05, 0) is 31.9 Å². The van der Waals surface area contributed by atoms with Gasteiger partial charge in [-0.1, -0.05) is 25.0 Å². The number of ether oxygens (including phenoxy) is 2. The number of hydrogen-bond acceptors (Lipinski definition) is 5. The van der Waals surface area contributed by atoms with E-state index in [9.17, 15) is 9.59 Å². The van der Waals surface area contributed by atoms with E-state index in [1.54, 1.807) is 0 Å². The molecule has 28 heavy (non-hydrogen) atoms. The second-order valence-electron chi connectivity index (χ2n) is 7.89. The highest BCUT2D eigenvalue weighted by Gasteiger charge is 2.34. The number of nitrogens with one attached hydrogen (secondary N) is 1. The van der Waals surface area contributed by atoms with Gasteiger partial charge in [-0.25, -0.2) is 0 Å². The fourth-order valence-corrected chi connectivity index (χ4v) is 4.23. The molecule has 4 rings (SSSR count). The SMILES string of the molecule is C[C@H](C(=O)NC1CCCC1)N1CCN(C(=O)[C@H]2COc3ccccc3O2)CC1. The fourth-order valence-electron chi connectivity index (χ4n) is 4.23. The predicted octanol–water partition coefficient (Wildman–Crippen LogP) is 1.42. The van der Waals surface area contributed by atoms with Crippen LogP contribution in [0.2, 0.25) is 0 Å². The van der Waals surface area contributed by atoms with Crippen molar-refractivity contribution in [2.75, 3.05) is 32.8 Å². The van der Waals surface area contributed by atoms with E-state index in [-0.39, 0.29) is 24.5 Å². The van der Waals surface area contributed by atoms with Gasteiger partial charge in [0.1, 0.15) is 6.61 Å². The number of carbonyl (C=O) groups excluding carboxylic acids is 2. The lowest BCUT2D eigenvalue weighted by atomic mass is 10.1. The number of para-hydroxylation sites is 2. The van der Waals surface area contributed by atoms with Crippen LogP contribution in [0, 0.1) is 0 Å². The van der Waals surface area contributed by atoms with Crippen LogP contribution >= 0.6 is 0 Å². The summed E-state index contributed by atoms with van der Waals surface area (Å²) in [7, 11) is 0. The number of amides is 2. The van der Waals surface area contributed by atoms with Gasteiger partial charge in [-0.15, -0.1) is 0 Å². The molecule has 1 saturated heterocycles. The molecule has 1 aromatic carbocycles. The van der Waals surface area contributed by atoms with Crippen LogP contribution < -0.4 is 14.8 Å². The predicted molar refractivity (Wildman–Crippen MR) is 104 cm³/mol. The van der Waals surface area contributed by atoms with E-state index < -0.39 is 6.10 Å². The second-order valence-corrected chi connectivity index (χ2v) is 7.89. The molecular weight excluding hydrogens is 358 g/mol. The zero-order valence-corrected chi connectivity index (χ0v) is 16.4. The van der Waals surface area contributed by atoms with E-state index in [0.717, 1.165) is 12.8 Å². The van der Waals surface area contributed by atoms with Gasteiger partial charge in [0, 0.05) is 32.2 Å². The molecule has 3 aliphatic rings. The molecule has 7 heteroatoms. The Labute approximate surface area is 166 Å². The monoisotopic (exact) mass is 387 g/mol. The van der Waals surface area contributed by atoms with Crippen molar-refractivity contribution in [3.63, 3.8) is 0 Å². The molecule has 7 nitrogen and oxygen atoms in total. The van der Waals surface area contributed by atoms with Crippen LogP contribution in [0.15, 0.2) is 24.3 Å². The first-order valence-electron chi connectivity index (χ1n) is 10.3. The van der Waals surface area contributed by atoms with Crippen LogP contribution in [0.3, 0.4) is 0 Å². The molecular formula is C21H29N3O4. The molecule has 2 aliphatic heterocycles. The Bertz CT molecular complexity index is 711. The van der Waals surface area contributed by atoms with Gasteiger partial charge < -0.3 is 19.7 Å². The summed E-state index contributed by atoms with van der Waals surface area (Å²) < 4.78 is 11.5. The summed E-state index contributed by atoms with van der Waals surface area (Å²) in [5.74, 6) is 1.35. The van der Waals surface area contributed by atoms with Gasteiger partial charge in [0.25, 0.3) is 5.91 Å². The Morgan fingerprint density at radius 2 is 1.75 bits per heavy atom. The number of carbonyl (C=O) groups is 2. The van der Waals surface area contributed by atoms with Crippen LogP contribution in [0.25, 0.3) is 0 Å². The largest absolute Gasteiger partial charge is 0.485 e. The van der Waals surface area contributed by atoms with Crippen molar-refractivity contribution in [3.8, 4) is 11.5 Å². The molecule has 0 bridgehead atoms. The van der Waals surface area contributed by atoms with E-state index in [1.807, 2.05) is 36.1 Å².